The van der Waals surface area contributed by atoms with Crippen molar-refractivity contribution in [3.05, 3.63) is 106 Å². The zero-order chi connectivity index (χ0) is 23.4. The van der Waals surface area contributed by atoms with Crippen LogP contribution in [0.15, 0.2) is 72.2 Å². The molecule has 2 heterocycles. The molecule has 0 aromatic heterocycles. The third-order valence-electron chi connectivity index (χ3n) is 7.00. The fourth-order valence-electron chi connectivity index (χ4n) is 4.45. The Hall–Kier alpha value is -2.65. The van der Waals surface area contributed by atoms with E-state index in [0.29, 0.717) is 11.8 Å². The number of aryl methyl sites for hydroxylation is 2. The summed E-state index contributed by atoms with van der Waals surface area (Å²) in [7, 11) is 0. The zero-order valence-corrected chi connectivity index (χ0v) is 21.1. The molecule has 2 aromatic carbocycles. The second-order valence-electron chi connectivity index (χ2n) is 9.13. The van der Waals surface area contributed by atoms with Gasteiger partial charge in [-0.05, 0) is 72.2 Å². The molecule has 0 amide bonds. The average Bonchev–Trinajstić information content (AvgIpc) is 3.40. The second kappa shape index (κ2) is 10.3. The number of thiocarbonyl (C=S) groups is 1. The molecule has 0 saturated carbocycles. The standard InChI is InChI=1S/C15H19N.C14H17NS/c1-10-6-5-7-15(12(10)3)13(4)14-8-11(2)16-9-14;1-9-5-4-6-13(10(9)2)11(3)12-7-14(16)15-8-12/h5-7,9,13,16H,2,8H2,1,3-4H3;4-6,8,11H,7H2,1-3H3,(H,15,16)/t13-;11-/m10/s1. The van der Waals surface area contributed by atoms with E-state index in [1.807, 2.05) is 0 Å². The maximum Gasteiger partial charge on any atom is 0.0834 e. The van der Waals surface area contributed by atoms with E-state index in [-0.39, 0.29) is 0 Å². The molecular formula is C29H36N2S. The maximum atomic E-state index is 5.16. The van der Waals surface area contributed by atoms with Gasteiger partial charge >= 0.3 is 0 Å². The van der Waals surface area contributed by atoms with E-state index in [0.717, 1.165) is 23.5 Å². The molecule has 32 heavy (non-hydrogen) atoms. The number of allylic oxidation sites excluding steroid dienone is 1. The molecule has 4 rings (SSSR count). The van der Waals surface area contributed by atoms with Gasteiger partial charge in [0.2, 0.25) is 0 Å². The van der Waals surface area contributed by atoms with Crippen molar-refractivity contribution in [3.8, 4) is 0 Å². The van der Waals surface area contributed by atoms with Crippen LogP contribution in [0, 0.1) is 27.7 Å². The van der Waals surface area contributed by atoms with Crippen LogP contribution >= 0.6 is 12.2 Å². The highest BCUT2D eigenvalue weighted by Gasteiger charge is 2.19. The molecule has 0 bridgehead atoms. The van der Waals surface area contributed by atoms with Crippen molar-refractivity contribution in [3.63, 3.8) is 0 Å². The summed E-state index contributed by atoms with van der Waals surface area (Å²) in [5.74, 6) is 0.930. The largest absolute Gasteiger partial charge is 0.365 e. The van der Waals surface area contributed by atoms with Crippen molar-refractivity contribution >= 4 is 17.2 Å². The Kier molecular flexibility index (Phi) is 7.73. The highest BCUT2D eigenvalue weighted by atomic mass is 32.1. The van der Waals surface area contributed by atoms with Crippen molar-refractivity contribution in [2.24, 2.45) is 0 Å². The molecule has 0 radical (unpaired) electrons. The van der Waals surface area contributed by atoms with Gasteiger partial charge in [0.05, 0.1) is 4.99 Å². The van der Waals surface area contributed by atoms with E-state index in [4.69, 9.17) is 12.2 Å². The molecule has 2 atom stereocenters. The first-order valence-corrected chi connectivity index (χ1v) is 11.8. The number of hydrogen-bond acceptors (Lipinski definition) is 2. The van der Waals surface area contributed by atoms with Crippen LogP contribution in [0.25, 0.3) is 0 Å². The lowest BCUT2D eigenvalue weighted by Gasteiger charge is -2.17. The van der Waals surface area contributed by atoms with Crippen LogP contribution in [0.5, 0.6) is 0 Å². The van der Waals surface area contributed by atoms with Gasteiger partial charge in [0, 0.05) is 42.8 Å². The van der Waals surface area contributed by atoms with Crippen LogP contribution in [0.2, 0.25) is 0 Å². The number of hydrogen-bond donors (Lipinski definition) is 2. The Morgan fingerprint density at radius 3 is 1.62 bits per heavy atom. The van der Waals surface area contributed by atoms with Gasteiger partial charge in [-0.15, -0.1) is 0 Å². The normalized spacial score (nSPS) is 16.9. The summed E-state index contributed by atoms with van der Waals surface area (Å²) in [6, 6.07) is 13.1. The van der Waals surface area contributed by atoms with Crippen molar-refractivity contribution in [1.82, 2.24) is 10.6 Å². The minimum absolute atomic E-state index is 0.452. The van der Waals surface area contributed by atoms with Crippen molar-refractivity contribution < 1.29 is 0 Å². The first-order chi connectivity index (χ1) is 15.2. The zero-order valence-electron chi connectivity index (χ0n) is 20.3. The highest BCUT2D eigenvalue weighted by Crippen LogP contribution is 2.33. The molecule has 0 fully saturated rings. The van der Waals surface area contributed by atoms with Crippen LogP contribution in [0.1, 0.15) is 71.9 Å². The quantitative estimate of drug-likeness (QED) is 0.480. The Morgan fingerprint density at radius 2 is 1.22 bits per heavy atom. The fourth-order valence-corrected chi connectivity index (χ4v) is 4.67. The molecular weight excluding hydrogens is 408 g/mol. The minimum atomic E-state index is 0.452. The summed E-state index contributed by atoms with van der Waals surface area (Å²) < 4.78 is 0. The van der Waals surface area contributed by atoms with Gasteiger partial charge in [-0.25, -0.2) is 0 Å². The Morgan fingerprint density at radius 1 is 0.750 bits per heavy atom. The smallest absolute Gasteiger partial charge is 0.0834 e. The first kappa shape index (κ1) is 24.0. The number of benzene rings is 2. The highest BCUT2D eigenvalue weighted by molar-refractivity contribution is 7.80. The van der Waals surface area contributed by atoms with Crippen molar-refractivity contribution in [1.29, 1.82) is 0 Å². The second-order valence-corrected chi connectivity index (χ2v) is 9.62. The Bertz CT molecular complexity index is 1000. The third kappa shape index (κ3) is 5.39. The molecule has 2 aliphatic heterocycles. The van der Waals surface area contributed by atoms with Crippen LogP contribution in [0.4, 0.5) is 0 Å². The Labute approximate surface area is 199 Å². The SMILES string of the molecule is C=C1CC([C@@H](C)c2cccc(C)c2C)=CN1.Cc1cccc([C@@H](C)C2=CNC(=S)C2)c1C. The summed E-state index contributed by atoms with van der Waals surface area (Å²) in [5, 5.41) is 6.32. The number of nitrogens with one attached hydrogen (secondary N) is 2. The molecule has 2 aromatic rings. The minimum Gasteiger partial charge on any atom is -0.365 e. The molecule has 168 valence electrons. The topological polar surface area (TPSA) is 24.1 Å². The van der Waals surface area contributed by atoms with Gasteiger partial charge in [-0.3, -0.25) is 0 Å². The first-order valence-electron chi connectivity index (χ1n) is 11.4. The number of rotatable bonds is 4. The van der Waals surface area contributed by atoms with Crippen molar-refractivity contribution in [2.75, 3.05) is 0 Å². The monoisotopic (exact) mass is 444 g/mol. The summed E-state index contributed by atoms with van der Waals surface area (Å²) in [6.07, 6.45) is 6.06. The van der Waals surface area contributed by atoms with Gasteiger partial charge in [0.15, 0.2) is 0 Å². The lowest BCUT2D eigenvalue weighted by atomic mass is 9.87. The predicted octanol–water partition coefficient (Wildman–Crippen LogP) is 7.41. The fraction of sp³-hybridized carbons (Fsp3) is 0.345. The van der Waals surface area contributed by atoms with Crippen LogP contribution in [0.3, 0.4) is 0 Å². The van der Waals surface area contributed by atoms with Gasteiger partial charge in [0.1, 0.15) is 0 Å². The van der Waals surface area contributed by atoms with E-state index >= 15 is 0 Å². The van der Waals surface area contributed by atoms with Gasteiger partial charge in [-0.1, -0.05) is 69.0 Å². The molecule has 3 heteroatoms. The van der Waals surface area contributed by atoms with Crippen LogP contribution < -0.4 is 10.6 Å². The van der Waals surface area contributed by atoms with Crippen molar-refractivity contribution in [2.45, 2.75) is 66.2 Å². The molecule has 0 saturated heterocycles. The molecule has 2 N–H and O–H groups in total. The van der Waals surface area contributed by atoms with E-state index in [1.165, 1.54) is 44.5 Å². The van der Waals surface area contributed by atoms with Crippen LogP contribution in [-0.4, -0.2) is 4.99 Å². The summed E-state index contributed by atoms with van der Waals surface area (Å²) >= 11 is 5.16. The molecule has 0 spiro atoms. The third-order valence-corrected chi connectivity index (χ3v) is 7.26. The average molecular weight is 445 g/mol. The lowest BCUT2D eigenvalue weighted by molar-refractivity contribution is 0.855. The lowest BCUT2D eigenvalue weighted by Crippen LogP contribution is -2.06. The summed E-state index contributed by atoms with van der Waals surface area (Å²) in [4.78, 5) is 0.937. The summed E-state index contributed by atoms with van der Waals surface area (Å²) in [6.45, 7) is 17.2. The van der Waals surface area contributed by atoms with Gasteiger partial charge < -0.3 is 10.6 Å². The summed E-state index contributed by atoms with van der Waals surface area (Å²) in [5.41, 5.74) is 12.3. The Balaban J connectivity index is 0.000000181. The predicted molar refractivity (Wildman–Crippen MR) is 142 cm³/mol. The molecule has 0 aliphatic carbocycles. The molecule has 2 aliphatic rings. The van der Waals surface area contributed by atoms with E-state index in [2.05, 4.69) is 108 Å². The van der Waals surface area contributed by atoms with E-state index in [1.54, 1.807) is 0 Å². The van der Waals surface area contributed by atoms with Gasteiger partial charge in [-0.2, -0.15) is 0 Å². The molecule has 0 unspecified atom stereocenters. The van der Waals surface area contributed by atoms with E-state index in [9.17, 15) is 0 Å². The molecule has 2 nitrogen and oxygen atoms in total. The van der Waals surface area contributed by atoms with Crippen LogP contribution in [-0.2, 0) is 0 Å². The van der Waals surface area contributed by atoms with Gasteiger partial charge in [0.25, 0.3) is 0 Å². The van der Waals surface area contributed by atoms with E-state index < -0.39 is 0 Å². The maximum absolute atomic E-state index is 5.16.